The number of ether oxygens (including phenoxy) is 3. The number of allylic oxidation sites excluding steroid dienone is 24. The summed E-state index contributed by atoms with van der Waals surface area (Å²) >= 11 is 0. The number of hydrogen-bond acceptors (Lipinski definition) is 6. The van der Waals surface area contributed by atoms with Gasteiger partial charge in [0.2, 0.25) is 0 Å². The van der Waals surface area contributed by atoms with Crippen LogP contribution in [0, 0.1) is 0 Å². The van der Waals surface area contributed by atoms with E-state index in [1.165, 1.54) is 109 Å². The summed E-state index contributed by atoms with van der Waals surface area (Å²) in [4.78, 5) is 38.5. The Kier molecular flexibility index (Phi) is 65.8. The lowest BCUT2D eigenvalue weighted by Gasteiger charge is -2.18. The third-order valence-corrected chi connectivity index (χ3v) is 14.3. The molecule has 0 rings (SSSR count). The van der Waals surface area contributed by atoms with E-state index in [0.29, 0.717) is 19.3 Å². The standard InChI is InChI=1S/C77H126O6/c1-4-7-10-13-16-19-22-25-28-31-34-35-36-37-38-39-40-41-44-46-49-52-55-58-61-64-67-70-76(79)82-73-74(83-77(80)71-68-65-62-59-56-53-50-47-43-33-30-27-24-21-18-15-12-9-6-3)72-81-75(78)69-66-63-60-57-54-51-48-45-42-32-29-26-23-20-17-14-11-8-5-2/h7,10,16-21,25-30,34-35,37-38,40-41,43,46-47,49,74H,4-6,8-9,11-15,22-24,31-33,36,39,42,44-45,48,50-73H2,1-3H3/b10-7-,19-16-,20-17-,21-18-,28-25-,29-26-,30-27-,35-34-,38-37-,41-40-,47-43-,49-46-. The quantitative estimate of drug-likeness (QED) is 0.0261. The maximum absolute atomic E-state index is 13.0. The monoisotopic (exact) mass is 1150 g/mol. The lowest BCUT2D eigenvalue weighted by atomic mass is 10.1. The fourth-order valence-corrected chi connectivity index (χ4v) is 9.17. The number of esters is 3. The highest BCUT2D eigenvalue weighted by molar-refractivity contribution is 5.71. The highest BCUT2D eigenvalue weighted by Gasteiger charge is 2.19. The lowest BCUT2D eigenvalue weighted by Crippen LogP contribution is -2.30. The lowest BCUT2D eigenvalue weighted by molar-refractivity contribution is -0.167. The molecule has 0 aliphatic carbocycles. The fraction of sp³-hybridized carbons (Fsp3) is 0.649. The number of carbonyl (C=O) groups is 3. The minimum absolute atomic E-state index is 0.0963. The van der Waals surface area contributed by atoms with Crippen LogP contribution >= 0.6 is 0 Å². The van der Waals surface area contributed by atoms with Gasteiger partial charge < -0.3 is 14.2 Å². The molecule has 83 heavy (non-hydrogen) atoms. The minimum Gasteiger partial charge on any atom is -0.462 e. The van der Waals surface area contributed by atoms with E-state index in [0.717, 1.165) is 154 Å². The molecule has 0 amide bonds. The van der Waals surface area contributed by atoms with Gasteiger partial charge in [-0.05, 0) is 148 Å². The zero-order chi connectivity index (χ0) is 59.9. The van der Waals surface area contributed by atoms with Gasteiger partial charge >= 0.3 is 17.9 Å². The van der Waals surface area contributed by atoms with Gasteiger partial charge in [0.1, 0.15) is 13.2 Å². The number of carbonyl (C=O) groups excluding carboxylic acids is 3. The Morgan fingerprint density at radius 1 is 0.253 bits per heavy atom. The van der Waals surface area contributed by atoms with Crippen LogP contribution < -0.4 is 0 Å². The van der Waals surface area contributed by atoms with E-state index in [2.05, 4.69) is 167 Å². The third kappa shape index (κ3) is 68.0. The SMILES string of the molecule is CC/C=C\C/C=C\C/C=C\C/C=C\C/C=C\C/C=C\C/C=C\CCCCCCCC(=O)OCC(COC(=O)CCCCCCCCCCC/C=C\C/C=C\CCCCC)OC(=O)CCCCCCCC/C=C\C/C=C\C/C=C\CCCCC. The second-order valence-corrected chi connectivity index (χ2v) is 22.3. The third-order valence-electron chi connectivity index (χ3n) is 14.3. The number of hydrogen-bond donors (Lipinski definition) is 0. The van der Waals surface area contributed by atoms with E-state index in [4.69, 9.17) is 14.2 Å². The molecule has 0 N–H and O–H groups in total. The Labute approximate surface area is 512 Å². The predicted molar refractivity (Wildman–Crippen MR) is 362 cm³/mol. The summed E-state index contributed by atoms with van der Waals surface area (Å²) in [6, 6.07) is 0. The predicted octanol–water partition coefficient (Wildman–Crippen LogP) is 23.9. The molecule has 0 saturated carbocycles. The van der Waals surface area contributed by atoms with Crippen molar-refractivity contribution in [1.29, 1.82) is 0 Å². The van der Waals surface area contributed by atoms with Crippen LogP contribution in [0.5, 0.6) is 0 Å². The van der Waals surface area contributed by atoms with Crippen LogP contribution in [0.15, 0.2) is 146 Å². The highest BCUT2D eigenvalue weighted by Crippen LogP contribution is 2.15. The largest absolute Gasteiger partial charge is 0.462 e. The second-order valence-electron chi connectivity index (χ2n) is 22.3. The molecule has 0 aromatic carbocycles. The molecule has 6 heteroatoms. The van der Waals surface area contributed by atoms with Crippen molar-refractivity contribution < 1.29 is 28.6 Å². The first-order chi connectivity index (χ1) is 41.0. The maximum Gasteiger partial charge on any atom is 0.306 e. The Morgan fingerprint density at radius 2 is 0.470 bits per heavy atom. The van der Waals surface area contributed by atoms with Gasteiger partial charge in [-0.2, -0.15) is 0 Å². The van der Waals surface area contributed by atoms with E-state index < -0.39 is 6.10 Å². The van der Waals surface area contributed by atoms with Crippen LogP contribution in [0.4, 0.5) is 0 Å². The van der Waals surface area contributed by atoms with Crippen molar-refractivity contribution in [2.45, 2.75) is 309 Å². The van der Waals surface area contributed by atoms with Crippen molar-refractivity contribution in [2.75, 3.05) is 13.2 Å². The summed E-state index contributed by atoms with van der Waals surface area (Å²) in [5.41, 5.74) is 0. The Morgan fingerprint density at radius 3 is 0.735 bits per heavy atom. The van der Waals surface area contributed by atoms with Crippen molar-refractivity contribution in [1.82, 2.24) is 0 Å². The fourth-order valence-electron chi connectivity index (χ4n) is 9.17. The van der Waals surface area contributed by atoms with Gasteiger partial charge in [-0.3, -0.25) is 14.4 Å². The second kappa shape index (κ2) is 69.8. The first-order valence-electron chi connectivity index (χ1n) is 34.3. The number of unbranched alkanes of at least 4 members (excludes halogenated alkanes) is 26. The smallest absolute Gasteiger partial charge is 0.306 e. The van der Waals surface area contributed by atoms with Gasteiger partial charge in [-0.25, -0.2) is 0 Å². The molecule has 470 valence electrons. The van der Waals surface area contributed by atoms with Crippen molar-refractivity contribution in [3.8, 4) is 0 Å². The van der Waals surface area contributed by atoms with Crippen LogP contribution in [-0.4, -0.2) is 37.2 Å². The Hall–Kier alpha value is -4.71. The normalized spacial score (nSPS) is 13.0. The van der Waals surface area contributed by atoms with E-state index in [1.54, 1.807) is 0 Å². The molecular formula is C77H126O6. The minimum atomic E-state index is -0.804. The molecule has 0 aliphatic rings. The average Bonchev–Trinajstić information content (AvgIpc) is 3.50. The zero-order valence-corrected chi connectivity index (χ0v) is 53.9. The summed E-state index contributed by atoms with van der Waals surface area (Å²) in [6.07, 6.45) is 99.9. The van der Waals surface area contributed by atoms with E-state index in [-0.39, 0.29) is 31.1 Å². The van der Waals surface area contributed by atoms with Gasteiger partial charge in [0.25, 0.3) is 0 Å². The van der Waals surface area contributed by atoms with Gasteiger partial charge in [0.15, 0.2) is 6.10 Å². The summed E-state index contributed by atoms with van der Waals surface area (Å²) in [7, 11) is 0. The molecular weight excluding hydrogens is 1020 g/mol. The molecule has 0 heterocycles. The van der Waals surface area contributed by atoms with Crippen LogP contribution in [-0.2, 0) is 28.6 Å². The van der Waals surface area contributed by atoms with Crippen LogP contribution in [0.3, 0.4) is 0 Å². The van der Waals surface area contributed by atoms with Gasteiger partial charge in [-0.15, -0.1) is 0 Å². The summed E-state index contributed by atoms with van der Waals surface area (Å²) in [5, 5.41) is 0. The molecule has 1 unspecified atom stereocenters. The number of rotatable bonds is 61. The molecule has 1 atom stereocenters. The maximum atomic E-state index is 13.0. The molecule has 0 radical (unpaired) electrons. The first kappa shape index (κ1) is 78.3. The first-order valence-corrected chi connectivity index (χ1v) is 34.3. The topological polar surface area (TPSA) is 78.9 Å². The van der Waals surface area contributed by atoms with E-state index in [9.17, 15) is 14.4 Å². The highest BCUT2D eigenvalue weighted by atomic mass is 16.6. The molecule has 0 aliphatic heterocycles. The van der Waals surface area contributed by atoms with Crippen LogP contribution in [0.2, 0.25) is 0 Å². The zero-order valence-electron chi connectivity index (χ0n) is 53.9. The van der Waals surface area contributed by atoms with Gasteiger partial charge in [0.05, 0.1) is 0 Å². The molecule has 0 spiro atoms. The van der Waals surface area contributed by atoms with Crippen molar-refractivity contribution in [3.05, 3.63) is 146 Å². The summed E-state index contributed by atoms with van der Waals surface area (Å²) in [6.45, 7) is 6.46. The molecule has 0 bridgehead atoms. The molecule has 0 aromatic heterocycles. The summed E-state index contributed by atoms with van der Waals surface area (Å²) in [5.74, 6) is -0.928. The average molecular weight is 1150 g/mol. The van der Waals surface area contributed by atoms with Crippen LogP contribution in [0.25, 0.3) is 0 Å². The summed E-state index contributed by atoms with van der Waals surface area (Å²) < 4.78 is 17.0. The molecule has 0 fully saturated rings. The van der Waals surface area contributed by atoms with Gasteiger partial charge in [0, 0.05) is 19.3 Å². The Bertz CT molecular complexity index is 1800. The van der Waals surface area contributed by atoms with Gasteiger partial charge in [-0.1, -0.05) is 282 Å². The molecule has 0 aromatic rings. The van der Waals surface area contributed by atoms with Crippen molar-refractivity contribution in [2.24, 2.45) is 0 Å². The van der Waals surface area contributed by atoms with E-state index in [1.807, 2.05) is 0 Å². The Balaban J connectivity index is 4.47. The van der Waals surface area contributed by atoms with Crippen LogP contribution in [0.1, 0.15) is 303 Å². The van der Waals surface area contributed by atoms with Crippen molar-refractivity contribution >= 4 is 17.9 Å². The molecule has 0 saturated heterocycles. The van der Waals surface area contributed by atoms with E-state index >= 15 is 0 Å². The molecule has 6 nitrogen and oxygen atoms in total. The van der Waals surface area contributed by atoms with Crippen molar-refractivity contribution in [3.63, 3.8) is 0 Å².